The smallest absolute Gasteiger partial charge is 0.236 e. The van der Waals surface area contributed by atoms with Gasteiger partial charge in [0.05, 0.1) is 5.56 Å². The van der Waals surface area contributed by atoms with E-state index in [0.29, 0.717) is 0 Å². The van der Waals surface area contributed by atoms with Crippen molar-refractivity contribution in [3.63, 3.8) is 0 Å². The maximum atomic E-state index is 12.6. The van der Waals surface area contributed by atoms with Gasteiger partial charge in [-0.1, -0.05) is 0 Å². The molecule has 0 unspecified atom stereocenters. The van der Waals surface area contributed by atoms with E-state index in [1.165, 1.54) is 13.2 Å². The molecule has 0 aliphatic carbocycles. The molecule has 0 aliphatic heterocycles. The fraction of sp³-hybridized carbons (Fsp3) is 0.125. The lowest BCUT2D eigenvalue weighted by molar-refractivity contribution is 0.441. The molecule has 0 heterocycles. The average molecular weight is 173 g/mol. The summed E-state index contributed by atoms with van der Waals surface area (Å²) in [5.74, 6) is -4.40. The third-order valence-corrected chi connectivity index (χ3v) is 1.44. The standard InChI is InChI=1S/C8H4F3O/c1-4-2-5(3-12)7(10)8(11)6(4)9/h2H,1H3. The van der Waals surface area contributed by atoms with Gasteiger partial charge in [-0.2, -0.15) is 0 Å². The van der Waals surface area contributed by atoms with E-state index in [9.17, 15) is 18.0 Å². The molecule has 4 heteroatoms. The van der Waals surface area contributed by atoms with Crippen molar-refractivity contribution in [3.8, 4) is 0 Å². The Bertz CT molecular complexity index is 334. The van der Waals surface area contributed by atoms with Gasteiger partial charge in [0.2, 0.25) is 6.29 Å². The molecule has 0 atom stereocenters. The third kappa shape index (κ3) is 1.20. The van der Waals surface area contributed by atoms with E-state index in [2.05, 4.69) is 0 Å². The van der Waals surface area contributed by atoms with Crippen molar-refractivity contribution < 1.29 is 18.0 Å². The van der Waals surface area contributed by atoms with Crippen LogP contribution in [0.4, 0.5) is 13.2 Å². The van der Waals surface area contributed by atoms with E-state index in [-0.39, 0.29) is 5.56 Å². The molecule has 1 radical (unpaired) electrons. The Morgan fingerprint density at radius 1 is 1.17 bits per heavy atom. The summed E-state index contributed by atoms with van der Waals surface area (Å²) in [7, 11) is 0. The van der Waals surface area contributed by atoms with E-state index >= 15 is 0 Å². The fourth-order valence-corrected chi connectivity index (χ4v) is 0.805. The molecular weight excluding hydrogens is 169 g/mol. The molecule has 1 nitrogen and oxygen atoms in total. The molecule has 1 rings (SSSR count). The van der Waals surface area contributed by atoms with Crippen molar-refractivity contribution in [2.75, 3.05) is 0 Å². The first-order valence-corrected chi connectivity index (χ1v) is 3.10. The summed E-state index contributed by atoms with van der Waals surface area (Å²) in [6.45, 7) is 1.23. The fourth-order valence-electron chi connectivity index (χ4n) is 0.805. The topological polar surface area (TPSA) is 17.1 Å². The summed E-state index contributed by atoms with van der Waals surface area (Å²) in [6, 6.07) is 0.904. The van der Waals surface area contributed by atoms with Gasteiger partial charge in [0.15, 0.2) is 17.5 Å². The molecule has 0 fully saturated rings. The lowest BCUT2D eigenvalue weighted by atomic mass is 10.1. The number of carbonyl (C=O) groups excluding carboxylic acids is 1. The van der Waals surface area contributed by atoms with Crippen molar-refractivity contribution in [1.29, 1.82) is 0 Å². The highest BCUT2D eigenvalue weighted by atomic mass is 19.2. The van der Waals surface area contributed by atoms with E-state index in [0.717, 1.165) is 6.07 Å². The van der Waals surface area contributed by atoms with E-state index in [4.69, 9.17) is 0 Å². The maximum absolute atomic E-state index is 12.6. The van der Waals surface area contributed by atoms with E-state index in [1.54, 1.807) is 0 Å². The van der Waals surface area contributed by atoms with Gasteiger partial charge in [0.1, 0.15) is 0 Å². The lowest BCUT2D eigenvalue weighted by Gasteiger charge is -2.00. The van der Waals surface area contributed by atoms with Gasteiger partial charge >= 0.3 is 0 Å². The summed E-state index contributed by atoms with van der Waals surface area (Å²) in [6.07, 6.45) is 1.17. The van der Waals surface area contributed by atoms with Crippen LogP contribution in [0, 0.1) is 24.4 Å². The molecule has 0 bridgehead atoms. The second-order valence-electron chi connectivity index (χ2n) is 2.29. The summed E-state index contributed by atoms with van der Waals surface area (Å²) in [5.41, 5.74) is -0.710. The maximum Gasteiger partial charge on any atom is 0.236 e. The zero-order valence-electron chi connectivity index (χ0n) is 6.12. The van der Waals surface area contributed by atoms with Crippen LogP contribution in [0.5, 0.6) is 0 Å². The van der Waals surface area contributed by atoms with Crippen molar-refractivity contribution in [3.05, 3.63) is 34.6 Å². The Kier molecular flexibility index (Phi) is 2.17. The molecule has 0 spiro atoms. The number of hydrogen-bond acceptors (Lipinski definition) is 1. The first-order chi connectivity index (χ1) is 5.57. The van der Waals surface area contributed by atoms with E-state index < -0.39 is 23.0 Å². The van der Waals surface area contributed by atoms with Crippen LogP contribution in [-0.2, 0) is 4.79 Å². The minimum Gasteiger partial charge on any atom is -0.285 e. The molecule has 1 aromatic carbocycles. The summed E-state index contributed by atoms with van der Waals surface area (Å²) in [4.78, 5) is 9.99. The Labute approximate surface area is 66.8 Å². The number of benzene rings is 1. The van der Waals surface area contributed by atoms with Gasteiger partial charge in [-0.05, 0) is 18.6 Å². The average Bonchev–Trinajstić information content (AvgIpc) is 2.08. The minimum atomic E-state index is -1.63. The Balaban J connectivity index is 3.49. The van der Waals surface area contributed by atoms with Crippen molar-refractivity contribution in [1.82, 2.24) is 0 Å². The molecule has 0 aliphatic rings. The second-order valence-corrected chi connectivity index (χ2v) is 2.29. The predicted octanol–water partition coefficient (Wildman–Crippen LogP) is 1.87. The van der Waals surface area contributed by atoms with Crippen molar-refractivity contribution in [2.45, 2.75) is 6.92 Å². The Morgan fingerprint density at radius 3 is 2.25 bits per heavy atom. The summed E-state index contributed by atoms with van der Waals surface area (Å²) < 4.78 is 37.6. The Hall–Kier alpha value is -1.32. The first kappa shape index (κ1) is 8.77. The van der Waals surface area contributed by atoms with Crippen LogP contribution < -0.4 is 0 Å². The van der Waals surface area contributed by atoms with Crippen LogP contribution in [-0.4, -0.2) is 6.29 Å². The van der Waals surface area contributed by atoms with Crippen LogP contribution in [0.2, 0.25) is 0 Å². The van der Waals surface area contributed by atoms with Gasteiger partial charge in [-0.3, -0.25) is 4.79 Å². The molecular formula is C8H4F3O. The predicted molar refractivity (Wildman–Crippen MR) is 35.8 cm³/mol. The lowest BCUT2D eigenvalue weighted by Crippen LogP contribution is -1.99. The minimum absolute atomic E-state index is 0.118. The third-order valence-electron chi connectivity index (χ3n) is 1.44. The first-order valence-electron chi connectivity index (χ1n) is 3.10. The molecule has 0 N–H and O–H groups in total. The highest BCUT2D eigenvalue weighted by Crippen LogP contribution is 2.17. The van der Waals surface area contributed by atoms with Gasteiger partial charge in [-0.15, -0.1) is 0 Å². The zero-order chi connectivity index (χ0) is 9.30. The molecule has 63 valence electrons. The van der Waals surface area contributed by atoms with Crippen LogP contribution in [0.15, 0.2) is 6.07 Å². The number of rotatable bonds is 1. The molecule has 0 saturated heterocycles. The quantitative estimate of drug-likeness (QED) is 0.592. The number of halogens is 3. The molecule has 0 saturated carbocycles. The highest BCUT2D eigenvalue weighted by Gasteiger charge is 2.15. The largest absolute Gasteiger partial charge is 0.285 e. The number of aryl methyl sites for hydroxylation is 1. The van der Waals surface area contributed by atoms with Crippen LogP contribution in [0.25, 0.3) is 0 Å². The normalized spacial score (nSPS) is 10.0. The molecule has 1 aromatic rings. The van der Waals surface area contributed by atoms with Gasteiger partial charge in [0.25, 0.3) is 0 Å². The van der Waals surface area contributed by atoms with E-state index in [1.807, 2.05) is 0 Å². The molecule has 0 amide bonds. The van der Waals surface area contributed by atoms with Crippen LogP contribution in [0.3, 0.4) is 0 Å². The highest BCUT2D eigenvalue weighted by molar-refractivity contribution is 5.76. The monoisotopic (exact) mass is 173 g/mol. The van der Waals surface area contributed by atoms with Crippen LogP contribution >= 0.6 is 0 Å². The van der Waals surface area contributed by atoms with Crippen molar-refractivity contribution >= 4 is 6.29 Å². The summed E-state index contributed by atoms with van der Waals surface area (Å²) in [5, 5.41) is 0. The van der Waals surface area contributed by atoms with Gasteiger partial charge in [0, 0.05) is 0 Å². The molecule has 0 aromatic heterocycles. The zero-order valence-corrected chi connectivity index (χ0v) is 6.12. The molecule has 12 heavy (non-hydrogen) atoms. The van der Waals surface area contributed by atoms with Gasteiger partial charge < -0.3 is 0 Å². The van der Waals surface area contributed by atoms with Gasteiger partial charge in [-0.25, -0.2) is 13.2 Å². The Morgan fingerprint density at radius 2 is 1.75 bits per heavy atom. The second kappa shape index (κ2) is 2.97. The number of hydrogen-bond donors (Lipinski definition) is 0. The van der Waals surface area contributed by atoms with Crippen LogP contribution in [0.1, 0.15) is 11.1 Å². The summed E-state index contributed by atoms with van der Waals surface area (Å²) >= 11 is 0. The SMILES string of the molecule is Cc1cc([C]=O)c(F)c(F)c1F. The van der Waals surface area contributed by atoms with Crippen molar-refractivity contribution in [2.24, 2.45) is 0 Å².